The van der Waals surface area contributed by atoms with Crippen LogP contribution >= 0.6 is 11.6 Å². The summed E-state index contributed by atoms with van der Waals surface area (Å²) in [5.41, 5.74) is 3.78. The van der Waals surface area contributed by atoms with Crippen LogP contribution in [0.5, 0.6) is 0 Å². The van der Waals surface area contributed by atoms with E-state index in [2.05, 4.69) is 5.32 Å². The number of aryl methyl sites for hydroxylation is 2. The van der Waals surface area contributed by atoms with E-state index in [-0.39, 0.29) is 30.6 Å². The molecule has 7 nitrogen and oxygen atoms in total. The molecular formula is C30H36ClN3O4S. The summed E-state index contributed by atoms with van der Waals surface area (Å²) in [6.45, 7) is 7.13. The van der Waals surface area contributed by atoms with Crippen LogP contribution in [0.2, 0.25) is 5.02 Å². The van der Waals surface area contributed by atoms with Gasteiger partial charge in [0.05, 0.1) is 11.9 Å². The van der Waals surface area contributed by atoms with Gasteiger partial charge in [0, 0.05) is 24.0 Å². The molecule has 3 rings (SSSR count). The molecule has 208 valence electrons. The molecule has 0 aromatic heterocycles. The molecule has 0 aliphatic rings. The maximum atomic E-state index is 14.1. The highest BCUT2D eigenvalue weighted by atomic mass is 35.5. The molecule has 0 saturated carbocycles. The second-order valence-electron chi connectivity index (χ2n) is 10.0. The molecule has 0 bridgehead atoms. The van der Waals surface area contributed by atoms with E-state index in [0.717, 1.165) is 32.8 Å². The van der Waals surface area contributed by atoms with Gasteiger partial charge >= 0.3 is 0 Å². The van der Waals surface area contributed by atoms with Gasteiger partial charge in [-0.15, -0.1) is 0 Å². The fraction of sp³-hybridized carbons (Fsp3) is 0.333. The summed E-state index contributed by atoms with van der Waals surface area (Å²) >= 11 is 6.29. The first-order chi connectivity index (χ1) is 18.4. The molecule has 0 fully saturated rings. The monoisotopic (exact) mass is 569 g/mol. The molecule has 0 spiro atoms. The minimum atomic E-state index is -3.85. The third kappa shape index (κ3) is 8.31. The summed E-state index contributed by atoms with van der Waals surface area (Å²) < 4.78 is 26.8. The van der Waals surface area contributed by atoms with Crippen LogP contribution in [0.25, 0.3) is 0 Å². The van der Waals surface area contributed by atoms with Gasteiger partial charge in [-0.25, -0.2) is 8.42 Å². The molecule has 9 heteroatoms. The number of carbonyl (C=O) groups is 2. The molecule has 0 saturated heterocycles. The Hall–Kier alpha value is -3.36. The zero-order valence-corrected chi connectivity index (χ0v) is 24.6. The van der Waals surface area contributed by atoms with Gasteiger partial charge in [-0.1, -0.05) is 72.3 Å². The predicted molar refractivity (Wildman–Crippen MR) is 157 cm³/mol. The quantitative estimate of drug-likeness (QED) is 0.356. The zero-order chi connectivity index (χ0) is 28.7. The first-order valence-corrected chi connectivity index (χ1v) is 15.0. The minimum absolute atomic E-state index is 0.140. The summed E-state index contributed by atoms with van der Waals surface area (Å²) in [4.78, 5) is 29.1. The van der Waals surface area contributed by atoms with Crippen LogP contribution in [0.4, 0.5) is 5.69 Å². The van der Waals surface area contributed by atoms with Crippen LogP contribution in [0.1, 0.15) is 36.1 Å². The van der Waals surface area contributed by atoms with E-state index in [0.29, 0.717) is 5.02 Å². The van der Waals surface area contributed by atoms with Crippen LogP contribution < -0.4 is 9.62 Å². The maximum absolute atomic E-state index is 14.1. The van der Waals surface area contributed by atoms with E-state index in [1.54, 1.807) is 12.1 Å². The lowest BCUT2D eigenvalue weighted by Crippen LogP contribution is -2.54. The van der Waals surface area contributed by atoms with E-state index in [1.165, 1.54) is 11.0 Å². The number of hydrogen-bond acceptors (Lipinski definition) is 4. The minimum Gasteiger partial charge on any atom is -0.352 e. The Morgan fingerprint density at radius 3 is 2.15 bits per heavy atom. The van der Waals surface area contributed by atoms with Gasteiger partial charge < -0.3 is 10.2 Å². The fourth-order valence-corrected chi connectivity index (χ4v) is 5.27. The van der Waals surface area contributed by atoms with Gasteiger partial charge in [0.15, 0.2) is 0 Å². The van der Waals surface area contributed by atoms with Gasteiger partial charge in [-0.05, 0) is 62.1 Å². The molecule has 0 heterocycles. The molecule has 3 aromatic carbocycles. The van der Waals surface area contributed by atoms with E-state index in [9.17, 15) is 18.0 Å². The van der Waals surface area contributed by atoms with Crippen molar-refractivity contribution in [3.63, 3.8) is 0 Å². The van der Waals surface area contributed by atoms with Gasteiger partial charge in [0.2, 0.25) is 21.8 Å². The average Bonchev–Trinajstić information content (AvgIpc) is 2.87. The van der Waals surface area contributed by atoms with Crippen molar-refractivity contribution < 1.29 is 18.0 Å². The number of anilines is 1. The van der Waals surface area contributed by atoms with Gasteiger partial charge in [0.25, 0.3) is 0 Å². The normalized spacial score (nSPS) is 12.2. The lowest BCUT2D eigenvalue weighted by Gasteiger charge is -2.34. The average molecular weight is 570 g/mol. The van der Waals surface area contributed by atoms with E-state index in [4.69, 9.17) is 11.6 Å². The molecule has 39 heavy (non-hydrogen) atoms. The summed E-state index contributed by atoms with van der Waals surface area (Å²) in [5.74, 6) is -0.805. The number of halogens is 1. The van der Waals surface area contributed by atoms with Crippen molar-refractivity contribution in [2.75, 3.05) is 17.1 Å². The van der Waals surface area contributed by atoms with Crippen LogP contribution in [0.3, 0.4) is 0 Å². The highest BCUT2D eigenvalue weighted by Gasteiger charge is 2.33. The molecule has 3 aromatic rings. The predicted octanol–water partition coefficient (Wildman–Crippen LogP) is 4.89. The molecule has 0 aliphatic heterocycles. The largest absolute Gasteiger partial charge is 0.352 e. The second kappa shape index (κ2) is 13.1. The molecular weight excluding hydrogens is 534 g/mol. The Morgan fingerprint density at radius 1 is 0.923 bits per heavy atom. The number of sulfonamides is 1. The lowest BCUT2D eigenvalue weighted by atomic mass is 10.0. The smallest absolute Gasteiger partial charge is 0.244 e. The fourth-order valence-electron chi connectivity index (χ4n) is 4.26. The third-order valence-corrected chi connectivity index (χ3v) is 7.97. The molecule has 1 N–H and O–H groups in total. The zero-order valence-electron chi connectivity index (χ0n) is 23.0. The van der Waals surface area contributed by atoms with Crippen molar-refractivity contribution in [2.45, 2.75) is 52.7 Å². The number of carbonyl (C=O) groups excluding carboxylic acids is 2. The highest BCUT2D eigenvalue weighted by Crippen LogP contribution is 2.26. The Balaban J connectivity index is 2.08. The van der Waals surface area contributed by atoms with Crippen LogP contribution in [0.15, 0.2) is 72.8 Å². The molecule has 0 radical (unpaired) electrons. The van der Waals surface area contributed by atoms with Crippen molar-refractivity contribution in [1.82, 2.24) is 10.2 Å². The lowest BCUT2D eigenvalue weighted by molar-refractivity contribution is -0.140. The van der Waals surface area contributed by atoms with E-state index >= 15 is 0 Å². The Bertz CT molecular complexity index is 1410. The van der Waals surface area contributed by atoms with E-state index < -0.39 is 28.5 Å². The highest BCUT2D eigenvalue weighted by molar-refractivity contribution is 7.92. The Kier molecular flexibility index (Phi) is 10.2. The Labute approximate surface area is 236 Å². The van der Waals surface area contributed by atoms with Crippen molar-refractivity contribution >= 4 is 39.1 Å². The maximum Gasteiger partial charge on any atom is 0.244 e. The molecule has 0 unspecified atom stereocenters. The number of amides is 2. The Morgan fingerprint density at radius 2 is 1.56 bits per heavy atom. The summed E-state index contributed by atoms with van der Waals surface area (Å²) in [6, 6.07) is 20.9. The van der Waals surface area contributed by atoms with Crippen molar-refractivity contribution in [2.24, 2.45) is 0 Å². The van der Waals surface area contributed by atoms with Crippen LogP contribution in [-0.4, -0.2) is 50.0 Å². The first-order valence-electron chi connectivity index (χ1n) is 12.8. The van der Waals surface area contributed by atoms with Gasteiger partial charge in [-0.3, -0.25) is 13.9 Å². The van der Waals surface area contributed by atoms with Gasteiger partial charge in [0.1, 0.15) is 12.6 Å². The number of hydrogen-bond donors (Lipinski definition) is 1. The van der Waals surface area contributed by atoms with Crippen molar-refractivity contribution in [1.29, 1.82) is 0 Å². The summed E-state index contributed by atoms with van der Waals surface area (Å²) in [7, 11) is -3.85. The van der Waals surface area contributed by atoms with Crippen LogP contribution in [-0.2, 0) is 32.6 Å². The summed E-state index contributed by atoms with van der Waals surface area (Å²) in [5, 5.41) is 3.34. The third-order valence-electron chi connectivity index (χ3n) is 6.43. The molecule has 2 amide bonds. The SMILES string of the molecule is Cc1ccc(N(CC(=O)N(Cc2ccccc2C)[C@@H](Cc2ccccc2)C(=O)NC(C)C)S(C)(=O)=O)cc1Cl. The second-order valence-corrected chi connectivity index (χ2v) is 12.3. The number of rotatable bonds is 11. The van der Waals surface area contributed by atoms with E-state index in [1.807, 2.05) is 82.3 Å². The molecule has 0 aliphatic carbocycles. The van der Waals surface area contributed by atoms with Gasteiger partial charge in [-0.2, -0.15) is 0 Å². The topological polar surface area (TPSA) is 86.8 Å². The molecule has 1 atom stereocenters. The van der Waals surface area contributed by atoms with Crippen molar-refractivity contribution in [3.8, 4) is 0 Å². The number of benzene rings is 3. The standard InChI is InChI=1S/C30H36ClN3O4S/c1-21(2)32-30(36)28(17-24-12-7-6-8-13-24)33(19-25-14-10-9-11-22(25)3)29(35)20-34(39(5,37)38)26-16-15-23(4)27(31)18-26/h6-16,18,21,28H,17,19-20H2,1-5H3,(H,32,36)/t28-/m0/s1. The van der Waals surface area contributed by atoms with Crippen molar-refractivity contribution in [3.05, 3.63) is 100 Å². The number of nitrogens with zero attached hydrogens (tertiary/aromatic N) is 2. The first kappa shape index (κ1) is 30.2. The van der Waals surface area contributed by atoms with Crippen LogP contribution in [0, 0.1) is 13.8 Å². The summed E-state index contributed by atoms with van der Waals surface area (Å²) in [6.07, 6.45) is 1.32. The number of nitrogens with one attached hydrogen (secondary N) is 1.